The van der Waals surface area contributed by atoms with Gasteiger partial charge in [-0.3, -0.25) is 4.98 Å². The Morgan fingerprint density at radius 3 is 2.62 bits per heavy atom. The first-order chi connectivity index (χ1) is 12.5. The number of nitrogens with zero attached hydrogens (tertiary/aromatic N) is 2. The number of carbonyl (C=O) groups excluding carboxylic acids is 1. The summed E-state index contributed by atoms with van der Waals surface area (Å²) in [4.78, 5) is 18.8. The highest BCUT2D eigenvalue weighted by Crippen LogP contribution is 2.35. The van der Waals surface area contributed by atoms with Gasteiger partial charge in [-0.25, -0.2) is 4.79 Å². The molecule has 1 aromatic heterocycles. The molecule has 0 fully saturated rings. The van der Waals surface area contributed by atoms with Crippen molar-refractivity contribution in [3.8, 4) is 0 Å². The number of esters is 1. The second kappa shape index (κ2) is 7.94. The zero-order chi connectivity index (χ0) is 18.7. The Kier molecular flexibility index (Phi) is 5.64. The van der Waals surface area contributed by atoms with Gasteiger partial charge in [0.05, 0.1) is 22.8 Å². The van der Waals surface area contributed by atoms with Gasteiger partial charge in [0, 0.05) is 30.2 Å². The molecule has 0 saturated carbocycles. The molecule has 6 heteroatoms. The van der Waals surface area contributed by atoms with Crippen LogP contribution < -0.4 is 4.90 Å². The lowest BCUT2D eigenvalue weighted by Gasteiger charge is -2.24. The molecule has 0 aliphatic rings. The maximum absolute atomic E-state index is 12.5. The lowest BCUT2D eigenvalue weighted by molar-refractivity contribution is 0.0527. The van der Waals surface area contributed by atoms with E-state index in [1.165, 1.54) is 6.20 Å². The largest absolute Gasteiger partial charge is 0.462 e. The van der Waals surface area contributed by atoms with Gasteiger partial charge < -0.3 is 9.64 Å². The van der Waals surface area contributed by atoms with Crippen LogP contribution in [0.5, 0.6) is 0 Å². The first-order valence-corrected chi connectivity index (χ1v) is 8.96. The average molecular weight is 389 g/mol. The van der Waals surface area contributed by atoms with E-state index in [1.54, 1.807) is 19.1 Å². The van der Waals surface area contributed by atoms with Crippen LogP contribution in [0, 0.1) is 0 Å². The van der Waals surface area contributed by atoms with Crippen LogP contribution in [0.4, 0.5) is 5.69 Å². The fourth-order valence-corrected chi connectivity index (χ4v) is 3.46. The van der Waals surface area contributed by atoms with Gasteiger partial charge in [0.2, 0.25) is 0 Å². The molecule has 134 valence electrons. The van der Waals surface area contributed by atoms with E-state index in [-0.39, 0.29) is 6.61 Å². The number of ether oxygens (including phenoxy) is 1. The van der Waals surface area contributed by atoms with Crippen molar-refractivity contribution in [2.24, 2.45) is 0 Å². The molecule has 1 heterocycles. The Bertz CT molecular complexity index is 945. The van der Waals surface area contributed by atoms with Gasteiger partial charge in [0.1, 0.15) is 5.56 Å². The molecule has 0 unspecified atom stereocenters. The van der Waals surface area contributed by atoms with Crippen LogP contribution in [0.25, 0.3) is 10.9 Å². The van der Waals surface area contributed by atoms with E-state index in [9.17, 15) is 4.79 Å². The van der Waals surface area contributed by atoms with Crippen molar-refractivity contribution >= 4 is 45.8 Å². The van der Waals surface area contributed by atoms with E-state index in [4.69, 9.17) is 27.9 Å². The van der Waals surface area contributed by atoms with E-state index >= 15 is 0 Å². The highest BCUT2D eigenvalue weighted by Gasteiger charge is 2.21. The smallest absolute Gasteiger partial charge is 0.341 e. The summed E-state index contributed by atoms with van der Waals surface area (Å²) in [5.74, 6) is -0.423. The van der Waals surface area contributed by atoms with Gasteiger partial charge in [-0.05, 0) is 24.6 Å². The molecule has 0 amide bonds. The van der Waals surface area contributed by atoms with Gasteiger partial charge in [-0.2, -0.15) is 0 Å². The van der Waals surface area contributed by atoms with Crippen LogP contribution in [0.15, 0.2) is 48.7 Å². The highest BCUT2D eigenvalue weighted by molar-refractivity contribution is 6.38. The lowest BCUT2D eigenvalue weighted by Crippen LogP contribution is -2.21. The molecule has 2 aromatic carbocycles. The number of benzene rings is 2. The quantitative estimate of drug-likeness (QED) is 0.552. The second-order valence-electron chi connectivity index (χ2n) is 5.87. The SMILES string of the molecule is CCOC(=O)c1cnc2c(Cl)cc(Cl)cc2c1N(C)Cc1ccccc1. The third-order valence-electron chi connectivity index (χ3n) is 4.00. The van der Waals surface area contributed by atoms with Crippen LogP contribution in [-0.4, -0.2) is 24.6 Å². The Morgan fingerprint density at radius 2 is 1.92 bits per heavy atom. The second-order valence-corrected chi connectivity index (χ2v) is 6.71. The molecule has 0 spiro atoms. The number of rotatable bonds is 5. The summed E-state index contributed by atoms with van der Waals surface area (Å²) < 4.78 is 5.21. The summed E-state index contributed by atoms with van der Waals surface area (Å²) in [5, 5.41) is 1.64. The molecule has 0 atom stereocenters. The number of pyridine rings is 1. The lowest BCUT2D eigenvalue weighted by atomic mass is 10.1. The molecule has 0 saturated heterocycles. The Labute approximate surface area is 162 Å². The Morgan fingerprint density at radius 1 is 1.19 bits per heavy atom. The highest BCUT2D eigenvalue weighted by atomic mass is 35.5. The molecule has 0 radical (unpaired) electrons. The zero-order valence-electron chi connectivity index (χ0n) is 14.5. The first kappa shape index (κ1) is 18.5. The topological polar surface area (TPSA) is 42.4 Å². The molecule has 3 aromatic rings. The van der Waals surface area contributed by atoms with Crippen molar-refractivity contribution in [3.05, 3.63) is 69.8 Å². The Balaban J connectivity index is 2.17. The predicted molar refractivity (Wildman–Crippen MR) is 106 cm³/mol. The summed E-state index contributed by atoms with van der Waals surface area (Å²) in [6.45, 7) is 2.67. The molecule has 0 aliphatic heterocycles. The summed E-state index contributed by atoms with van der Waals surface area (Å²) >= 11 is 12.5. The van der Waals surface area contributed by atoms with Gasteiger partial charge in [0.25, 0.3) is 0 Å². The molecule has 3 rings (SSSR count). The molecular weight excluding hydrogens is 371 g/mol. The summed E-state index contributed by atoms with van der Waals surface area (Å²) in [6, 6.07) is 13.4. The predicted octanol–water partition coefficient (Wildman–Crippen LogP) is 5.35. The van der Waals surface area contributed by atoms with Gasteiger partial charge in [-0.1, -0.05) is 53.5 Å². The molecular formula is C20H18Cl2N2O2. The van der Waals surface area contributed by atoms with Gasteiger partial charge >= 0.3 is 5.97 Å². The van der Waals surface area contributed by atoms with Crippen molar-refractivity contribution < 1.29 is 9.53 Å². The summed E-state index contributed by atoms with van der Waals surface area (Å²) in [5.41, 5.74) is 2.79. The Hall–Kier alpha value is -2.30. The fraction of sp³-hybridized carbons (Fsp3) is 0.200. The van der Waals surface area contributed by atoms with E-state index in [1.807, 2.05) is 42.3 Å². The number of fused-ring (bicyclic) bond motifs is 1. The minimum atomic E-state index is -0.423. The monoisotopic (exact) mass is 388 g/mol. The van der Waals surface area contributed by atoms with Gasteiger partial charge in [-0.15, -0.1) is 0 Å². The number of anilines is 1. The van der Waals surface area contributed by atoms with Crippen LogP contribution in [0.1, 0.15) is 22.8 Å². The number of halogens is 2. The number of hydrogen-bond acceptors (Lipinski definition) is 4. The van der Waals surface area contributed by atoms with Crippen LogP contribution in [0.3, 0.4) is 0 Å². The van der Waals surface area contributed by atoms with E-state index in [0.717, 1.165) is 5.56 Å². The summed E-state index contributed by atoms with van der Waals surface area (Å²) in [7, 11) is 1.92. The maximum atomic E-state index is 12.5. The molecule has 4 nitrogen and oxygen atoms in total. The van der Waals surface area contributed by atoms with E-state index in [2.05, 4.69) is 4.98 Å². The fourth-order valence-electron chi connectivity index (χ4n) is 2.92. The number of aromatic nitrogens is 1. The molecule has 0 aliphatic carbocycles. The third kappa shape index (κ3) is 3.76. The first-order valence-electron chi connectivity index (χ1n) is 8.21. The van der Waals surface area contributed by atoms with Crippen LogP contribution in [0.2, 0.25) is 10.0 Å². The zero-order valence-corrected chi connectivity index (χ0v) is 16.0. The minimum Gasteiger partial charge on any atom is -0.462 e. The number of carbonyl (C=O) groups is 1. The van der Waals surface area contributed by atoms with E-state index < -0.39 is 5.97 Å². The standard InChI is InChI=1S/C20H18Cl2N2O2/c1-3-26-20(25)16-11-23-18-15(9-14(21)10-17(18)22)19(16)24(2)12-13-7-5-4-6-8-13/h4-11H,3,12H2,1-2H3. The van der Waals surface area contributed by atoms with Crippen molar-refractivity contribution in [2.75, 3.05) is 18.6 Å². The normalized spacial score (nSPS) is 10.8. The third-order valence-corrected chi connectivity index (χ3v) is 4.51. The minimum absolute atomic E-state index is 0.287. The maximum Gasteiger partial charge on any atom is 0.341 e. The number of hydrogen-bond donors (Lipinski definition) is 0. The summed E-state index contributed by atoms with van der Waals surface area (Å²) in [6.07, 6.45) is 1.51. The molecule has 0 N–H and O–H groups in total. The molecule has 26 heavy (non-hydrogen) atoms. The van der Waals surface area contributed by atoms with Crippen molar-refractivity contribution in [1.29, 1.82) is 0 Å². The van der Waals surface area contributed by atoms with E-state index in [0.29, 0.717) is 38.7 Å². The van der Waals surface area contributed by atoms with Gasteiger partial charge in [0.15, 0.2) is 0 Å². The van der Waals surface area contributed by atoms with Crippen LogP contribution in [-0.2, 0) is 11.3 Å². The van der Waals surface area contributed by atoms with Crippen molar-refractivity contribution in [2.45, 2.75) is 13.5 Å². The molecule has 0 bridgehead atoms. The van der Waals surface area contributed by atoms with Crippen molar-refractivity contribution in [3.63, 3.8) is 0 Å². The average Bonchev–Trinajstić information content (AvgIpc) is 2.61. The van der Waals surface area contributed by atoms with Crippen molar-refractivity contribution in [1.82, 2.24) is 4.98 Å². The van der Waals surface area contributed by atoms with Crippen LogP contribution >= 0.6 is 23.2 Å².